The van der Waals surface area contributed by atoms with Crippen LogP contribution in [0.1, 0.15) is 70.9 Å². The zero-order valence-electron chi connectivity index (χ0n) is 15.1. The van der Waals surface area contributed by atoms with Crippen LogP contribution in [-0.4, -0.2) is 15.6 Å². The first-order valence-electron chi connectivity index (χ1n) is 9.15. The molecule has 0 spiro atoms. The SMILES string of the molecule is CCC/C(=C\C(=O)O)c1ccc2c(ccn2C(CCC)CCC)c1. The Bertz CT molecular complexity index is 706. The fourth-order valence-electron chi connectivity index (χ4n) is 3.49. The van der Waals surface area contributed by atoms with Crippen LogP contribution in [0.25, 0.3) is 16.5 Å². The van der Waals surface area contributed by atoms with Crippen molar-refractivity contribution < 1.29 is 9.90 Å². The summed E-state index contributed by atoms with van der Waals surface area (Å²) >= 11 is 0. The molecule has 0 aliphatic rings. The molecule has 0 unspecified atom stereocenters. The molecule has 0 fully saturated rings. The van der Waals surface area contributed by atoms with Crippen LogP contribution >= 0.6 is 0 Å². The van der Waals surface area contributed by atoms with E-state index in [0.717, 1.165) is 24.0 Å². The van der Waals surface area contributed by atoms with Crippen molar-refractivity contribution in [2.75, 3.05) is 0 Å². The molecule has 0 atom stereocenters. The number of carboxylic acids is 1. The lowest BCUT2D eigenvalue weighted by Gasteiger charge is -2.19. The van der Waals surface area contributed by atoms with Crippen LogP contribution in [0.15, 0.2) is 36.5 Å². The summed E-state index contributed by atoms with van der Waals surface area (Å²) in [4.78, 5) is 11.1. The van der Waals surface area contributed by atoms with Gasteiger partial charge in [-0.05, 0) is 48.6 Å². The summed E-state index contributed by atoms with van der Waals surface area (Å²) in [6, 6.07) is 9.05. The lowest BCUT2D eigenvalue weighted by atomic mass is 9.99. The largest absolute Gasteiger partial charge is 0.478 e. The number of hydrogen-bond acceptors (Lipinski definition) is 1. The molecular formula is C21H29NO2. The maximum atomic E-state index is 11.1. The van der Waals surface area contributed by atoms with Crippen LogP contribution in [0.2, 0.25) is 0 Å². The Balaban J connectivity index is 2.41. The predicted molar refractivity (Wildman–Crippen MR) is 101 cm³/mol. The van der Waals surface area contributed by atoms with Crippen molar-refractivity contribution in [2.24, 2.45) is 0 Å². The van der Waals surface area contributed by atoms with Crippen LogP contribution < -0.4 is 0 Å². The zero-order chi connectivity index (χ0) is 17.5. The van der Waals surface area contributed by atoms with E-state index >= 15 is 0 Å². The normalized spacial score (nSPS) is 12.2. The second kappa shape index (κ2) is 8.72. The van der Waals surface area contributed by atoms with E-state index in [2.05, 4.69) is 55.8 Å². The summed E-state index contributed by atoms with van der Waals surface area (Å²) in [5, 5.41) is 10.3. The molecule has 2 aromatic rings. The Morgan fingerprint density at radius 1 is 1.12 bits per heavy atom. The maximum Gasteiger partial charge on any atom is 0.328 e. The number of aromatic nitrogens is 1. The van der Waals surface area contributed by atoms with Crippen LogP contribution in [0.4, 0.5) is 0 Å². The van der Waals surface area contributed by atoms with E-state index in [1.54, 1.807) is 0 Å². The molecule has 1 N–H and O–H groups in total. The van der Waals surface area contributed by atoms with Crippen molar-refractivity contribution in [3.8, 4) is 0 Å². The number of carbonyl (C=O) groups is 1. The van der Waals surface area contributed by atoms with Gasteiger partial charge in [0.05, 0.1) is 0 Å². The van der Waals surface area contributed by atoms with E-state index in [4.69, 9.17) is 5.11 Å². The molecule has 0 radical (unpaired) electrons. The number of hydrogen-bond donors (Lipinski definition) is 1. The van der Waals surface area contributed by atoms with Crippen molar-refractivity contribution in [2.45, 2.75) is 65.3 Å². The first-order chi connectivity index (χ1) is 11.6. The number of carboxylic acid groups (broad SMARTS) is 1. The topological polar surface area (TPSA) is 42.2 Å². The van der Waals surface area contributed by atoms with Gasteiger partial charge in [-0.15, -0.1) is 0 Å². The molecule has 1 aromatic heterocycles. The van der Waals surface area contributed by atoms with Gasteiger partial charge in [-0.2, -0.15) is 0 Å². The summed E-state index contributed by atoms with van der Waals surface area (Å²) in [7, 11) is 0. The molecule has 0 aliphatic heterocycles. The van der Waals surface area contributed by atoms with Gasteiger partial charge in [-0.3, -0.25) is 0 Å². The fourth-order valence-corrected chi connectivity index (χ4v) is 3.49. The second-order valence-corrected chi connectivity index (χ2v) is 6.49. The highest BCUT2D eigenvalue weighted by Gasteiger charge is 2.13. The van der Waals surface area contributed by atoms with E-state index < -0.39 is 5.97 Å². The van der Waals surface area contributed by atoms with Gasteiger partial charge in [0.25, 0.3) is 0 Å². The van der Waals surface area contributed by atoms with Gasteiger partial charge in [0.15, 0.2) is 0 Å². The average molecular weight is 327 g/mol. The van der Waals surface area contributed by atoms with E-state index in [1.807, 2.05) is 0 Å². The number of benzene rings is 1. The summed E-state index contributed by atoms with van der Waals surface area (Å²) in [6.07, 6.45) is 10.0. The van der Waals surface area contributed by atoms with Gasteiger partial charge >= 0.3 is 5.97 Å². The number of rotatable bonds is 9. The molecule has 0 amide bonds. The van der Waals surface area contributed by atoms with Crippen LogP contribution in [0.3, 0.4) is 0 Å². The van der Waals surface area contributed by atoms with Crippen molar-refractivity contribution in [1.82, 2.24) is 4.57 Å². The molecule has 0 saturated heterocycles. The van der Waals surface area contributed by atoms with Crippen molar-refractivity contribution in [3.63, 3.8) is 0 Å². The lowest BCUT2D eigenvalue weighted by molar-refractivity contribution is -0.131. The quantitative estimate of drug-likeness (QED) is 0.570. The molecular weight excluding hydrogens is 298 g/mol. The van der Waals surface area contributed by atoms with Gasteiger partial charge in [-0.1, -0.05) is 46.1 Å². The molecule has 0 bridgehead atoms. The third-order valence-corrected chi connectivity index (χ3v) is 4.55. The molecule has 2 rings (SSSR count). The van der Waals surface area contributed by atoms with Crippen LogP contribution in [0, 0.1) is 0 Å². The van der Waals surface area contributed by atoms with Crippen LogP contribution in [-0.2, 0) is 4.79 Å². The third-order valence-electron chi connectivity index (χ3n) is 4.55. The van der Waals surface area contributed by atoms with Gasteiger partial charge in [0.2, 0.25) is 0 Å². The summed E-state index contributed by atoms with van der Waals surface area (Å²) in [5.41, 5.74) is 3.17. The predicted octanol–water partition coefficient (Wildman–Crippen LogP) is 6.05. The second-order valence-electron chi connectivity index (χ2n) is 6.49. The summed E-state index contributed by atoms with van der Waals surface area (Å²) in [5.74, 6) is -0.873. The van der Waals surface area contributed by atoms with Gasteiger partial charge in [0, 0.05) is 29.2 Å². The molecule has 1 aromatic carbocycles. The Morgan fingerprint density at radius 2 is 1.83 bits per heavy atom. The van der Waals surface area contributed by atoms with Crippen LogP contribution in [0.5, 0.6) is 0 Å². The Labute approximate surface area is 145 Å². The summed E-state index contributed by atoms with van der Waals surface area (Å²) in [6.45, 7) is 6.55. The van der Waals surface area contributed by atoms with Crippen molar-refractivity contribution in [1.29, 1.82) is 0 Å². The number of nitrogens with zero attached hydrogens (tertiary/aromatic N) is 1. The minimum atomic E-state index is -0.873. The summed E-state index contributed by atoms with van der Waals surface area (Å²) < 4.78 is 2.40. The molecule has 0 aliphatic carbocycles. The van der Waals surface area contributed by atoms with E-state index in [-0.39, 0.29) is 0 Å². The highest BCUT2D eigenvalue weighted by Crippen LogP contribution is 2.29. The number of fused-ring (bicyclic) bond motifs is 1. The average Bonchev–Trinajstić information content (AvgIpc) is 2.97. The highest BCUT2D eigenvalue weighted by atomic mass is 16.4. The molecule has 24 heavy (non-hydrogen) atoms. The van der Waals surface area contributed by atoms with Crippen molar-refractivity contribution in [3.05, 3.63) is 42.1 Å². The number of allylic oxidation sites excluding steroid dienone is 1. The fraction of sp³-hybridized carbons (Fsp3) is 0.476. The first-order valence-corrected chi connectivity index (χ1v) is 9.15. The molecule has 3 nitrogen and oxygen atoms in total. The number of aliphatic carboxylic acids is 1. The molecule has 1 heterocycles. The van der Waals surface area contributed by atoms with Crippen molar-refractivity contribution >= 4 is 22.4 Å². The Hall–Kier alpha value is -2.03. The first kappa shape index (κ1) is 18.3. The standard InChI is InChI=1S/C21H29NO2/c1-4-7-16(15-21(23)24)17-10-11-20-18(14-17)12-13-22(20)19(8-5-2)9-6-3/h10-15,19H,4-9H2,1-3H3,(H,23,24)/b16-15+. The van der Waals surface area contributed by atoms with E-state index in [0.29, 0.717) is 6.04 Å². The van der Waals surface area contributed by atoms with Gasteiger partial charge < -0.3 is 9.67 Å². The smallest absolute Gasteiger partial charge is 0.328 e. The van der Waals surface area contributed by atoms with E-state index in [9.17, 15) is 4.79 Å². The third kappa shape index (κ3) is 4.28. The lowest BCUT2D eigenvalue weighted by Crippen LogP contribution is -2.07. The Morgan fingerprint density at radius 3 is 2.42 bits per heavy atom. The zero-order valence-corrected chi connectivity index (χ0v) is 15.1. The monoisotopic (exact) mass is 327 g/mol. The highest BCUT2D eigenvalue weighted by molar-refractivity contribution is 5.92. The minimum absolute atomic E-state index is 0.549. The minimum Gasteiger partial charge on any atom is -0.478 e. The molecule has 3 heteroatoms. The molecule has 130 valence electrons. The Kier molecular flexibility index (Phi) is 6.65. The molecule has 0 saturated carbocycles. The van der Waals surface area contributed by atoms with Gasteiger partial charge in [-0.25, -0.2) is 4.79 Å². The van der Waals surface area contributed by atoms with E-state index in [1.165, 1.54) is 42.7 Å². The van der Waals surface area contributed by atoms with Gasteiger partial charge in [0.1, 0.15) is 0 Å². The maximum absolute atomic E-state index is 11.1.